The Kier molecular flexibility index (Phi) is 9.74. The van der Waals surface area contributed by atoms with Gasteiger partial charge >= 0.3 is 0 Å². The van der Waals surface area contributed by atoms with Gasteiger partial charge in [0.05, 0.1) is 32.4 Å². The fraction of sp³-hybridized carbons (Fsp3) is 0.387. The van der Waals surface area contributed by atoms with Crippen molar-refractivity contribution in [1.29, 1.82) is 0 Å². The molecule has 2 atom stereocenters. The number of carbonyl (C=O) groups excluding carboxylic acids is 1. The van der Waals surface area contributed by atoms with Crippen LogP contribution in [-0.4, -0.2) is 100 Å². The second-order valence-corrected chi connectivity index (χ2v) is 12.9. The van der Waals surface area contributed by atoms with Gasteiger partial charge in [0.25, 0.3) is 0 Å². The summed E-state index contributed by atoms with van der Waals surface area (Å²) in [7, 11) is 0. The van der Waals surface area contributed by atoms with Crippen LogP contribution in [0.2, 0.25) is 0 Å². The Labute approximate surface area is 271 Å². The number of ketones is 1. The maximum atomic E-state index is 14.8. The van der Waals surface area contributed by atoms with E-state index in [0.29, 0.717) is 39.0 Å². The van der Waals surface area contributed by atoms with E-state index in [1.807, 2.05) is 0 Å². The molecule has 0 aliphatic carbocycles. The number of rotatable bonds is 10. The molecule has 13 heteroatoms. The van der Waals surface area contributed by atoms with Crippen LogP contribution in [-0.2, 0) is 17.6 Å². The highest BCUT2D eigenvalue weighted by molar-refractivity contribution is 9.10. The number of anilines is 2. The highest BCUT2D eigenvalue weighted by Gasteiger charge is 2.38. The minimum Gasteiger partial charge on any atom is -0.369 e. The molecule has 2 fully saturated rings. The van der Waals surface area contributed by atoms with E-state index in [1.165, 1.54) is 24.3 Å². The lowest BCUT2D eigenvalue weighted by molar-refractivity contribution is -0.130. The fourth-order valence-corrected chi connectivity index (χ4v) is 6.89. The highest BCUT2D eigenvalue weighted by atomic mass is 79.9. The molecule has 9 nitrogen and oxygen atoms in total. The number of hydrogen-bond acceptors (Lipinski definition) is 7. The van der Waals surface area contributed by atoms with Crippen molar-refractivity contribution in [2.75, 3.05) is 62.2 Å². The molecule has 0 bridgehead atoms. The average molecular weight is 732 g/mol. The smallest absolute Gasteiger partial charge is 0.167 e. The number of H-pyrrole nitrogens is 2. The molecule has 44 heavy (non-hydrogen) atoms. The lowest BCUT2D eigenvalue weighted by Gasteiger charge is -2.43. The number of aromatic amines is 2. The molecule has 2 aliphatic rings. The summed E-state index contributed by atoms with van der Waals surface area (Å²) in [6, 6.07) is 12.3. The van der Waals surface area contributed by atoms with Gasteiger partial charge in [-0.3, -0.25) is 24.8 Å². The van der Waals surface area contributed by atoms with Gasteiger partial charge in [0, 0.05) is 89.0 Å². The Hall–Kier alpha value is -3.13. The zero-order chi connectivity index (χ0) is 30.6. The van der Waals surface area contributed by atoms with Crippen LogP contribution in [0, 0.1) is 11.6 Å². The zero-order valence-corrected chi connectivity index (χ0v) is 27.3. The molecular weight excluding hydrogens is 698 g/mol. The minimum atomic E-state index is -0.400. The SMILES string of the molecule is O=C(C(Cc1n[nH]cc1Br)N1CCN(c2ccc(F)cc2)CC1)C(Cc1n[nH]cc1Br)N1CCN(c2ccc(F)cc2)CC1. The van der Waals surface area contributed by atoms with Gasteiger partial charge in [-0.2, -0.15) is 10.2 Å². The average Bonchev–Trinajstić information content (AvgIpc) is 3.65. The Morgan fingerprint density at radius 2 is 1.02 bits per heavy atom. The van der Waals surface area contributed by atoms with Gasteiger partial charge in [-0.15, -0.1) is 0 Å². The molecule has 2 saturated heterocycles. The molecule has 2 N–H and O–H groups in total. The van der Waals surface area contributed by atoms with E-state index in [4.69, 9.17) is 0 Å². The summed E-state index contributed by atoms with van der Waals surface area (Å²) in [5.74, 6) is -0.369. The number of nitrogens with one attached hydrogen (secondary N) is 2. The summed E-state index contributed by atoms with van der Waals surface area (Å²) < 4.78 is 28.8. The van der Waals surface area contributed by atoms with Crippen LogP contribution < -0.4 is 9.80 Å². The number of carbonyl (C=O) groups is 1. The highest BCUT2D eigenvalue weighted by Crippen LogP contribution is 2.26. The van der Waals surface area contributed by atoms with Crippen molar-refractivity contribution in [3.8, 4) is 0 Å². The Morgan fingerprint density at radius 1 is 0.659 bits per heavy atom. The second-order valence-electron chi connectivity index (χ2n) is 11.2. The normalized spacial score (nSPS) is 18.0. The molecule has 2 aromatic carbocycles. The van der Waals surface area contributed by atoms with Gasteiger partial charge in [0.1, 0.15) is 11.6 Å². The monoisotopic (exact) mass is 730 g/mol. The van der Waals surface area contributed by atoms with Crippen molar-refractivity contribution in [2.45, 2.75) is 24.9 Å². The molecule has 0 spiro atoms. The topological polar surface area (TPSA) is 87.4 Å². The van der Waals surface area contributed by atoms with Gasteiger partial charge in [-0.1, -0.05) is 0 Å². The summed E-state index contributed by atoms with van der Waals surface area (Å²) in [4.78, 5) is 23.8. The van der Waals surface area contributed by atoms with Gasteiger partial charge in [0.2, 0.25) is 0 Å². The number of hydrogen-bond donors (Lipinski definition) is 2. The molecule has 0 saturated carbocycles. The number of piperazine rings is 2. The van der Waals surface area contributed by atoms with Crippen LogP contribution in [0.3, 0.4) is 0 Å². The van der Waals surface area contributed by atoms with Crippen molar-refractivity contribution in [1.82, 2.24) is 30.2 Å². The number of nitrogens with zero attached hydrogens (tertiary/aromatic N) is 6. The molecule has 2 aromatic heterocycles. The third-order valence-electron chi connectivity index (χ3n) is 8.66. The summed E-state index contributed by atoms with van der Waals surface area (Å²) in [5.41, 5.74) is 3.57. The van der Waals surface area contributed by atoms with Gasteiger partial charge < -0.3 is 9.80 Å². The van der Waals surface area contributed by atoms with Crippen molar-refractivity contribution in [3.05, 3.63) is 92.9 Å². The molecule has 4 aromatic rings. The number of benzene rings is 2. The zero-order valence-electron chi connectivity index (χ0n) is 24.1. The second kappa shape index (κ2) is 13.9. The Balaban J connectivity index is 1.23. The predicted molar refractivity (Wildman–Crippen MR) is 173 cm³/mol. The molecule has 4 heterocycles. The van der Waals surface area contributed by atoms with E-state index in [-0.39, 0.29) is 17.4 Å². The van der Waals surface area contributed by atoms with Crippen molar-refractivity contribution >= 4 is 49.0 Å². The summed E-state index contributed by atoms with van der Waals surface area (Å²) in [6.07, 6.45) is 4.51. The van der Waals surface area contributed by atoms with E-state index in [2.05, 4.69) is 71.9 Å². The first-order chi connectivity index (χ1) is 21.4. The Morgan fingerprint density at radius 3 is 1.34 bits per heavy atom. The van der Waals surface area contributed by atoms with Gasteiger partial charge in [-0.05, 0) is 80.4 Å². The molecule has 2 unspecified atom stereocenters. The van der Waals surface area contributed by atoms with E-state index >= 15 is 0 Å². The maximum absolute atomic E-state index is 14.8. The fourth-order valence-electron chi connectivity index (χ4n) is 6.19. The van der Waals surface area contributed by atoms with E-state index in [0.717, 1.165) is 57.9 Å². The predicted octanol–water partition coefficient (Wildman–Crippen LogP) is 4.67. The van der Waals surface area contributed by atoms with Crippen LogP contribution in [0.5, 0.6) is 0 Å². The first-order valence-corrected chi connectivity index (χ1v) is 16.3. The third-order valence-corrected chi connectivity index (χ3v) is 10.0. The third kappa shape index (κ3) is 7.06. The number of aromatic nitrogens is 4. The first-order valence-electron chi connectivity index (χ1n) is 14.7. The van der Waals surface area contributed by atoms with Crippen LogP contribution in [0.25, 0.3) is 0 Å². The molecule has 0 radical (unpaired) electrons. The standard InChI is InChI=1S/C31H34Br2F2N8O/c32-25-19-36-38-27(25)17-29(42-13-9-40(10-14-42)23-5-1-21(34)2-6-23)31(44)30(18-28-26(33)20-37-39-28)43-15-11-41(12-16-43)24-7-3-22(35)4-8-24/h1-8,19-20,29-30H,9-18H2,(H,36,38)(H,37,39). The lowest BCUT2D eigenvalue weighted by atomic mass is 9.93. The Bertz CT molecular complexity index is 1420. The first kappa shape index (κ1) is 30.9. The van der Waals surface area contributed by atoms with Crippen LogP contribution in [0.1, 0.15) is 11.4 Å². The van der Waals surface area contributed by atoms with Crippen molar-refractivity contribution in [2.24, 2.45) is 0 Å². The van der Waals surface area contributed by atoms with Crippen molar-refractivity contribution in [3.63, 3.8) is 0 Å². The largest absolute Gasteiger partial charge is 0.369 e. The minimum absolute atomic E-state index is 0.139. The summed E-state index contributed by atoms with van der Waals surface area (Å²) in [5, 5.41) is 14.7. The van der Waals surface area contributed by atoms with E-state index in [1.54, 1.807) is 36.7 Å². The van der Waals surface area contributed by atoms with E-state index in [9.17, 15) is 13.6 Å². The van der Waals surface area contributed by atoms with Crippen molar-refractivity contribution < 1.29 is 13.6 Å². The maximum Gasteiger partial charge on any atom is 0.167 e. The lowest BCUT2D eigenvalue weighted by Crippen LogP contribution is -2.60. The summed E-state index contributed by atoms with van der Waals surface area (Å²) >= 11 is 7.19. The van der Waals surface area contributed by atoms with Crippen LogP contribution >= 0.6 is 31.9 Å². The van der Waals surface area contributed by atoms with Crippen LogP contribution in [0.4, 0.5) is 20.2 Å². The molecule has 232 valence electrons. The number of halogens is 4. The van der Waals surface area contributed by atoms with Crippen LogP contribution in [0.15, 0.2) is 69.9 Å². The quantitative estimate of drug-likeness (QED) is 0.245. The van der Waals surface area contributed by atoms with Gasteiger partial charge in [-0.25, -0.2) is 8.78 Å². The summed E-state index contributed by atoms with van der Waals surface area (Å²) in [6.45, 7) is 5.65. The molecule has 6 rings (SSSR count). The molecule has 0 amide bonds. The molecule has 2 aliphatic heterocycles. The molecular formula is C31H34Br2F2N8O. The van der Waals surface area contributed by atoms with Gasteiger partial charge in [0.15, 0.2) is 5.78 Å². The van der Waals surface area contributed by atoms with E-state index < -0.39 is 12.1 Å². The number of Topliss-reactive ketones (excluding diaryl/α,β-unsaturated/α-hetero) is 1.